The molecule has 1 saturated carbocycles. The van der Waals surface area contributed by atoms with Gasteiger partial charge in [-0.3, -0.25) is 9.88 Å². The molecule has 0 amide bonds. The van der Waals surface area contributed by atoms with Crippen LogP contribution in [0.2, 0.25) is 0 Å². The average molecular weight is 769 g/mol. The molecule has 54 heavy (non-hydrogen) atoms. The van der Waals surface area contributed by atoms with Gasteiger partial charge in [-0.25, -0.2) is 23.7 Å². The number of piperazine rings is 1. The first kappa shape index (κ1) is 37.8. The van der Waals surface area contributed by atoms with Crippen molar-refractivity contribution in [3.8, 4) is 5.88 Å². The molecule has 16 nitrogen and oxygen atoms in total. The van der Waals surface area contributed by atoms with Crippen LogP contribution < -0.4 is 24.2 Å². The summed E-state index contributed by atoms with van der Waals surface area (Å²) in [6.07, 6.45) is 9.29. The zero-order valence-corrected chi connectivity index (χ0v) is 31.5. The Morgan fingerprint density at radius 1 is 1.00 bits per heavy atom. The second-order valence-electron chi connectivity index (χ2n) is 13.9. The van der Waals surface area contributed by atoms with Gasteiger partial charge in [0.1, 0.15) is 29.9 Å². The quantitative estimate of drug-likeness (QED) is 0.150. The van der Waals surface area contributed by atoms with Crippen LogP contribution in [-0.2, 0) is 23.1 Å². The van der Waals surface area contributed by atoms with Crippen molar-refractivity contribution in [2.45, 2.75) is 57.2 Å². The predicted octanol–water partition coefficient (Wildman–Crippen LogP) is 4.44. The first-order valence-corrected chi connectivity index (χ1v) is 19.8. The van der Waals surface area contributed by atoms with Crippen LogP contribution >= 0.6 is 0 Å². The molecule has 2 atom stereocenters. The Morgan fingerprint density at radius 3 is 2.37 bits per heavy atom. The maximum Gasteiger partial charge on any atom is 0.271 e. The molecule has 0 spiro atoms. The van der Waals surface area contributed by atoms with E-state index in [1.807, 2.05) is 19.1 Å². The van der Waals surface area contributed by atoms with Gasteiger partial charge in [-0.05, 0) is 38.7 Å². The number of alkyl halides is 2. The molecule has 2 unspecified atom stereocenters. The third kappa shape index (κ3) is 8.58. The fourth-order valence-corrected chi connectivity index (χ4v) is 8.39. The Bertz CT molecular complexity index is 1870. The zero-order chi connectivity index (χ0) is 37.8. The molecular formula is C35H46F2N12O4S. The monoisotopic (exact) mass is 768 g/mol. The number of imidazole rings is 1. The Kier molecular flexibility index (Phi) is 11.9. The highest BCUT2D eigenvalue weighted by molar-refractivity contribution is 7.92. The highest BCUT2D eigenvalue weighted by Gasteiger charge is 2.30. The average Bonchev–Trinajstić information content (AvgIpc) is 3.56. The van der Waals surface area contributed by atoms with Crippen LogP contribution in [0, 0.1) is 4.91 Å². The lowest BCUT2D eigenvalue weighted by atomic mass is 9.93. The van der Waals surface area contributed by atoms with Gasteiger partial charge in [0, 0.05) is 63.6 Å². The molecule has 1 N–H and O–H groups in total. The Morgan fingerprint density at radius 2 is 1.72 bits per heavy atom. The number of aromatic nitrogens is 6. The fraction of sp³-hybridized carbons (Fsp3) is 0.571. The lowest BCUT2D eigenvalue weighted by molar-refractivity contribution is 0.0854. The molecule has 4 aromatic rings. The van der Waals surface area contributed by atoms with E-state index < -0.39 is 23.8 Å². The Balaban J connectivity index is 1.04. The molecule has 1 aliphatic carbocycles. The minimum absolute atomic E-state index is 0.0405. The first-order valence-electron chi connectivity index (χ1n) is 18.3. The molecule has 2 saturated heterocycles. The lowest BCUT2D eigenvalue weighted by Gasteiger charge is -2.35. The van der Waals surface area contributed by atoms with Crippen LogP contribution in [0.4, 0.5) is 37.9 Å². The third-order valence-corrected chi connectivity index (χ3v) is 11.5. The molecular weight excluding hydrogens is 723 g/mol. The molecule has 19 heteroatoms. The standard InChI is InChI=1S/C35H46F2N12O4S/c1-23(30-21-41-35(44-50)45(30)2)49(54(3)51)25-16-28-29(38-18-25)17-32(48-12-14-52-15-13-48)43-33(28)53-27-6-4-24(5-7-27)42-34-39-19-26(20-40-34)47-10-8-46(9-11-47)22-31(36)37/h16-21,23-24,27,31H,4-15,22H2,1-3H3,(H,39,40,42)/t23?,24-,27+,54?. The van der Waals surface area contributed by atoms with Gasteiger partial charge in [0.25, 0.3) is 12.4 Å². The number of halogens is 2. The maximum atomic E-state index is 13.2. The van der Waals surface area contributed by atoms with E-state index in [-0.39, 0.29) is 24.6 Å². The summed E-state index contributed by atoms with van der Waals surface area (Å²) in [5.41, 5.74) is 2.87. The zero-order valence-electron chi connectivity index (χ0n) is 30.7. The summed E-state index contributed by atoms with van der Waals surface area (Å²) in [5.74, 6) is 1.83. The van der Waals surface area contributed by atoms with E-state index in [0.29, 0.717) is 86.6 Å². The smallest absolute Gasteiger partial charge is 0.271 e. The van der Waals surface area contributed by atoms with Crippen LogP contribution in [-0.4, -0.2) is 123 Å². The summed E-state index contributed by atoms with van der Waals surface area (Å²) in [6.45, 7) is 6.81. The number of fused-ring (bicyclic) bond motifs is 1. The van der Waals surface area contributed by atoms with E-state index >= 15 is 0 Å². The molecule has 4 aromatic heterocycles. The van der Waals surface area contributed by atoms with Gasteiger partial charge in [-0.1, -0.05) is 0 Å². The molecule has 0 bridgehead atoms. The van der Waals surface area contributed by atoms with Crippen molar-refractivity contribution in [3.05, 3.63) is 47.5 Å². The normalized spacial score (nSPS) is 20.9. The van der Waals surface area contributed by atoms with Crippen molar-refractivity contribution in [2.75, 3.05) is 84.7 Å². The minimum Gasteiger partial charge on any atom is -0.593 e. The van der Waals surface area contributed by atoms with Gasteiger partial charge in [0.2, 0.25) is 11.8 Å². The van der Waals surface area contributed by atoms with Gasteiger partial charge in [-0.2, -0.15) is 9.29 Å². The molecule has 0 radical (unpaired) electrons. The van der Waals surface area contributed by atoms with Crippen molar-refractivity contribution in [2.24, 2.45) is 12.2 Å². The number of ether oxygens (including phenoxy) is 2. The number of hydrogen-bond donors (Lipinski definition) is 1. The largest absolute Gasteiger partial charge is 0.593 e. The van der Waals surface area contributed by atoms with Crippen LogP contribution in [0.15, 0.2) is 42.1 Å². The Hall–Kier alpha value is -4.46. The molecule has 7 rings (SSSR count). The van der Waals surface area contributed by atoms with E-state index in [1.165, 1.54) is 0 Å². The Labute approximate surface area is 315 Å². The summed E-state index contributed by atoms with van der Waals surface area (Å²) in [6, 6.07) is 3.61. The number of nitrogens with one attached hydrogen (secondary N) is 1. The van der Waals surface area contributed by atoms with Crippen LogP contribution in [0.25, 0.3) is 10.9 Å². The fourth-order valence-electron chi connectivity index (χ4n) is 7.44. The van der Waals surface area contributed by atoms with Gasteiger partial charge >= 0.3 is 0 Å². The topological polar surface area (TPSA) is 165 Å². The summed E-state index contributed by atoms with van der Waals surface area (Å²) in [7, 11) is 1.70. The number of nitrogens with zero attached hydrogens (tertiary/aromatic N) is 11. The number of nitroso groups, excluding NO2 is 1. The highest BCUT2D eigenvalue weighted by atomic mass is 32.2. The maximum absolute atomic E-state index is 13.2. The van der Waals surface area contributed by atoms with Crippen molar-refractivity contribution in [1.29, 1.82) is 0 Å². The third-order valence-electron chi connectivity index (χ3n) is 10.4. The van der Waals surface area contributed by atoms with E-state index in [4.69, 9.17) is 19.4 Å². The van der Waals surface area contributed by atoms with Crippen molar-refractivity contribution in [3.63, 3.8) is 0 Å². The molecule has 3 aliphatic rings. The van der Waals surface area contributed by atoms with Crippen LogP contribution in [0.3, 0.4) is 0 Å². The van der Waals surface area contributed by atoms with Crippen molar-refractivity contribution >= 4 is 51.4 Å². The summed E-state index contributed by atoms with van der Waals surface area (Å²) < 4.78 is 54.3. The molecule has 290 valence electrons. The lowest BCUT2D eigenvalue weighted by Crippen LogP contribution is -2.47. The van der Waals surface area contributed by atoms with E-state index in [2.05, 4.69) is 35.2 Å². The van der Waals surface area contributed by atoms with E-state index in [1.54, 1.807) is 51.9 Å². The van der Waals surface area contributed by atoms with Crippen molar-refractivity contribution < 1.29 is 22.8 Å². The predicted molar refractivity (Wildman–Crippen MR) is 203 cm³/mol. The molecule has 3 fully saturated rings. The van der Waals surface area contributed by atoms with Gasteiger partial charge in [0.15, 0.2) is 0 Å². The number of hydrogen-bond acceptors (Lipinski definition) is 15. The number of morpholine rings is 1. The van der Waals surface area contributed by atoms with Crippen LogP contribution in [0.5, 0.6) is 5.88 Å². The SMILES string of the molecule is CC(c1cnc(N=O)n1C)N(c1cnc2cc(N3CCOCC3)nc(O[C@H]3CC[C@@H](Nc4ncc(N5CCN(CC(F)F)CC5)cn4)CC3)c2c1)[S+](C)[O-]. The second-order valence-corrected chi connectivity index (χ2v) is 15.1. The summed E-state index contributed by atoms with van der Waals surface area (Å²) in [4.78, 5) is 40.4. The second kappa shape index (κ2) is 16.9. The van der Waals surface area contributed by atoms with Gasteiger partial charge in [-0.15, -0.1) is 4.91 Å². The van der Waals surface area contributed by atoms with E-state index in [9.17, 15) is 18.2 Å². The van der Waals surface area contributed by atoms with Crippen molar-refractivity contribution in [1.82, 2.24) is 34.4 Å². The summed E-state index contributed by atoms with van der Waals surface area (Å²) >= 11 is -1.46. The first-order chi connectivity index (χ1) is 26.2. The van der Waals surface area contributed by atoms with Gasteiger partial charge < -0.3 is 33.7 Å². The molecule has 2 aliphatic heterocycles. The molecule has 0 aromatic carbocycles. The number of anilines is 4. The summed E-state index contributed by atoms with van der Waals surface area (Å²) in [5, 5.41) is 7.17. The van der Waals surface area contributed by atoms with E-state index in [0.717, 1.165) is 37.2 Å². The van der Waals surface area contributed by atoms with Crippen LogP contribution in [0.1, 0.15) is 44.3 Å². The van der Waals surface area contributed by atoms with Gasteiger partial charge in [0.05, 0.1) is 78.2 Å². The molecule has 6 heterocycles. The minimum atomic E-state index is -2.32. The number of pyridine rings is 2. The highest BCUT2D eigenvalue weighted by Crippen LogP contribution is 2.37. The number of rotatable bonds is 13.